The minimum atomic E-state index is 0.0963. The molecule has 2 N–H and O–H groups in total. The number of imidazole rings is 1. The fourth-order valence-corrected chi connectivity index (χ4v) is 2.60. The Hall–Kier alpha value is -1.36. The van der Waals surface area contributed by atoms with E-state index in [9.17, 15) is 4.79 Å². The number of hydrogen-bond donors (Lipinski definition) is 1. The van der Waals surface area contributed by atoms with Gasteiger partial charge < -0.3 is 15.2 Å². The van der Waals surface area contributed by atoms with Crippen LogP contribution in [0.2, 0.25) is 0 Å². The van der Waals surface area contributed by atoms with Gasteiger partial charge in [0, 0.05) is 38.4 Å². The molecule has 1 heterocycles. The summed E-state index contributed by atoms with van der Waals surface area (Å²) in [7, 11) is 3.79. The predicted molar refractivity (Wildman–Crippen MR) is 69.6 cm³/mol. The van der Waals surface area contributed by atoms with Gasteiger partial charge in [0.05, 0.1) is 6.54 Å². The molecule has 2 unspecified atom stereocenters. The molecule has 2 atom stereocenters. The van der Waals surface area contributed by atoms with E-state index in [4.69, 9.17) is 5.73 Å². The quantitative estimate of drug-likeness (QED) is 0.866. The van der Waals surface area contributed by atoms with E-state index in [0.717, 1.165) is 31.5 Å². The summed E-state index contributed by atoms with van der Waals surface area (Å²) in [6.07, 6.45) is 7.55. The van der Waals surface area contributed by atoms with Crippen molar-refractivity contribution in [3.63, 3.8) is 0 Å². The summed E-state index contributed by atoms with van der Waals surface area (Å²) in [5, 5.41) is 0. The molecular formula is C13H22N4O. The van der Waals surface area contributed by atoms with Gasteiger partial charge in [-0.2, -0.15) is 0 Å². The molecule has 1 aromatic rings. The molecule has 1 aromatic heterocycles. The minimum Gasteiger partial charge on any atom is -0.338 e. The summed E-state index contributed by atoms with van der Waals surface area (Å²) >= 11 is 0. The molecule has 0 saturated heterocycles. The monoisotopic (exact) mass is 250 g/mol. The van der Waals surface area contributed by atoms with Crippen molar-refractivity contribution in [2.24, 2.45) is 18.7 Å². The highest BCUT2D eigenvalue weighted by Crippen LogP contribution is 2.24. The first kappa shape index (κ1) is 13.1. The van der Waals surface area contributed by atoms with Gasteiger partial charge in [-0.15, -0.1) is 0 Å². The molecule has 0 aromatic carbocycles. The van der Waals surface area contributed by atoms with Crippen LogP contribution in [-0.4, -0.2) is 33.4 Å². The second kappa shape index (κ2) is 5.52. The standard InChI is InChI=1S/C13H22N4O/c1-16-7-6-15-12(16)9-17(2)13(18)10-4-3-5-11(14)8-10/h6-7,10-11H,3-5,8-9,14H2,1-2H3. The van der Waals surface area contributed by atoms with Gasteiger partial charge >= 0.3 is 0 Å². The number of carbonyl (C=O) groups is 1. The van der Waals surface area contributed by atoms with Gasteiger partial charge in [-0.1, -0.05) is 6.42 Å². The molecular weight excluding hydrogens is 228 g/mol. The topological polar surface area (TPSA) is 64.2 Å². The average Bonchev–Trinajstić information content (AvgIpc) is 2.74. The maximum absolute atomic E-state index is 12.3. The van der Waals surface area contributed by atoms with Gasteiger partial charge in [0.1, 0.15) is 5.82 Å². The molecule has 0 bridgehead atoms. The maximum Gasteiger partial charge on any atom is 0.225 e. The third-order valence-corrected chi connectivity index (χ3v) is 3.74. The Morgan fingerprint density at radius 2 is 2.39 bits per heavy atom. The van der Waals surface area contributed by atoms with Crippen LogP contribution in [0.4, 0.5) is 0 Å². The highest BCUT2D eigenvalue weighted by molar-refractivity contribution is 5.78. The number of nitrogens with zero attached hydrogens (tertiary/aromatic N) is 3. The van der Waals surface area contributed by atoms with Crippen LogP contribution in [-0.2, 0) is 18.4 Å². The number of rotatable bonds is 3. The average molecular weight is 250 g/mol. The lowest BCUT2D eigenvalue weighted by molar-refractivity contribution is -0.136. The zero-order valence-corrected chi connectivity index (χ0v) is 11.2. The first-order valence-electron chi connectivity index (χ1n) is 6.54. The highest BCUT2D eigenvalue weighted by Gasteiger charge is 2.27. The van der Waals surface area contributed by atoms with Crippen molar-refractivity contribution in [2.75, 3.05) is 7.05 Å². The number of aromatic nitrogens is 2. The van der Waals surface area contributed by atoms with Gasteiger partial charge in [-0.3, -0.25) is 4.79 Å². The summed E-state index contributed by atoms with van der Waals surface area (Å²) in [5.74, 6) is 1.21. The molecule has 1 aliphatic carbocycles. The van der Waals surface area contributed by atoms with E-state index in [1.165, 1.54) is 0 Å². The van der Waals surface area contributed by atoms with Crippen molar-refractivity contribution >= 4 is 5.91 Å². The molecule has 5 nitrogen and oxygen atoms in total. The van der Waals surface area contributed by atoms with Gasteiger partial charge in [-0.25, -0.2) is 4.98 Å². The molecule has 0 spiro atoms. The second-order valence-electron chi connectivity index (χ2n) is 5.27. The van der Waals surface area contributed by atoms with Crippen LogP contribution in [0.5, 0.6) is 0 Å². The number of nitrogens with two attached hydrogens (primary N) is 1. The lowest BCUT2D eigenvalue weighted by atomic mass is 9.85. The molecule has 18 heavy (non-hydrogen) atoms. The third kappa shape index (κ3) is 2.90. The van der Waals surface area contributed by atoms with E-state index in [-0.39, 0.29) is 17.9 Å². The summed E-state index contributed by atoms with van der Waals surface area (Å²) in [5.41, 5.74) is 5.94. The molecule has 5 heteroatoms. The van der Waals surface area contributed by atoms with E-state index in [2.05, 4.69) is 4.98 Å². The number of hydrogen-bond acceptors (Lipinski definition) is 3. The van der Waals surface area contributed by atoms with Crippen molar-refractivity contribution < 1.29 is 4.79 Å². The summed E-state index contributed by atoms with van der Waals surface area (Å²) in [6.45, 7) is 0.564. The first-order chi connectivity index (χ1) is 8.58. The first-order valence-corrected chi connectivity index (χ1v) is 6.54. The number of carbonyl (C=O) groups excluding carboxylic acids is 1. The van der Waals surface area contributed by atoms with Crippen LogP contribution in [0.1, 0.15) is 31.5 Å². The van der Waals surface area contributed by atoms with Crippen LogP contribution in [0.3, 0.4) is 0 Å². The smallest absolute Gasteiger partial charge is 0.225 e. The molecule has 0 aliphatic heterocycles. The van der Waals surface area contributed by atoms with Crippen molar-refractivity contribution in [3.8, 4) is 0 Å². The number of aryl methyl sites for hydroxylation is 1. The van der Waals surface area contributed by atoms with Gasteiger partial charge in [0.2, 0.25) is 5.91 Å². The van der Waals surface area contributed by atoms with E-state index >= 15 is 0 Å². The largest absolute Gasteiger partial charge is 0.338 e. The van der Waals surface area contributed by atoms with E-state index in [1.807, 2.05) is 24.9 Å². The van der Waals surface area contributed by atoms with Crippen LogP contribution in [0.25, 0.3) is 0 Å². The van der Waals surface area contributed by atoms with Crippen LogP contribution in [0, 0.1) is 5.92 Å². The minimum absolute atomic E-state index is 0.0963. The van der Waals surface area contributed by atoms with Crippen molar-refractivity contribution in [1.29, 1.82) is 0 Å². The van der Waals surface area contributed by atoms with Crippen molar-refractivity contribution in [2.45, 2.75) is 38.3 Å². The third-order valence-electron chi connectivity index (χ3n) is 3.74. The van der Waals surface area contributed by atoms with Crippen molar-refractivity contribution in [1.82, 2.24) is 14.5 Å². The fourth-order valence-electron chi connectivity index (χ4n) is 2.60. The molecule has 1 amide bonds. The summed E-state index contributed by atoms with van der Waals surface area (Å²) < 4.78 is 1.94. The summed E-state index contributed by atoms with van der Waals surface area (Å²) in [4.78, 5) is 18.3. The molecule has 2 rings (SSSR count). The Balaban J connectivity index is 1.94. The highest BCUT2D eigenvalue weighted by atomic mass is 16.2. The molecule has 1 aliphatic rings. The Morgan fingerprint density at radius 1 is 1.61 bits per heavy atom. The molecule has 100 valence electrons. The van der Waals surface area contributed by atoms with E-state index in [0.29, 0.717) is 6.54 Å². The predicted octanol–water partition coefficient (Wildman–Crippen LogP) is 0.896. The van der Waals surface area contributed by atoms with Crippen LogP contribution < -0.4 is 5.73 Å². The van der Waals surface area contributed by atoms with E-state index in [1.54, 1.807) is 11.1 Å². The number of amides is 1. The van der Waals surface area contributed by atoms with Crippen LogP contribution in [0.15, 0.2) is 12.4 Å². The Bertz CT molecular complexity index is 415. The lowest BCUT2D eigenvalue weighted by Gasteiger charge is -2.29. The molecule has 1 fully saturated rings. The van der Waals surface area contributed by atoms with Crippen molar-refractivity contribution in [3.05, 3.63) is 18.2 Å². The lowest BCUT2D eigenvalue weighted by Crippen LogP contribution is -2.38. The Labute approximate surface area is 108 Å². The zero-order chi connectivity index (χ0) is 13.1. The van der Waals surface area contributed by atoms with Crippen LogP contribution >= 0.6 is 0 Å². The molecule has 1 saturated carbocycles. The zero-order valence-electron chi connectivity index (χ0n) is 11.2. The Morgan fingerprint density at radius 3 is 3.00 bits per heavy atom. The summed E-state index contributed by atoms with van der Waals surface area (Å²) in [6, 6.07) is 0.189. The normalized spacial score (nSPS) is 23.9. The Kier molecular flexibility index (Phi) is 4.01. The van der Waals surface area contributed by atoms with Gasteiger partial charge in [-0.05, 0) is 19.3 Å². The van der Waals surface area contributed by atoms with Gasteiger partial charge in [0.15, 0.2) is 0 Å². The second-order valence-corrected chi connectivity index (χ2v) is 5.27. The maximum atomic E-state index is 12.3. The molecule has 0 radical (unpaired) electrons. The van der Waals surface area contributed by atoms with Gasteiger partial charge in [0.25, 0.3) is 0 Å². The van der Waals surface area contributed by atoms with E-state index < -0.39 is 0 Å². The fraction of sp³-hybridized carbons (Fsp3) is 0.692. The SMILES string of the molecule is CN(Cc1nccn1C)C(=O)C1CCCC(N)C1.